The van der Waals surface area contributed by atoms with Crippen molar-refractivity contribution < 1.29 is 13.2 Å². The Morgan fingerprint density at radius 1 is 1.00 bits per heavy atom. The van der Waals surface area contributed by atoms with Crippen LogP contribution in [-0.4, -0.2) is 15.0 Å². The van der Waals surface area contributed by atoms with E-state index >= 15 is 0 Å². The van der Waals surface area contributed by atoms with Gasteiger partial charge in [0.05, 0.1) is 9.79 Å². The van der Waals surface area contributed by atoms with Crippen LogP contribution in [0.2, 0.25) is 0 Å². The predicted molar refractivity (Wildman–Crippen MR) is 78.8 cm³/mol. The van der Waals surface area contributed by atoms with Gasteiger partial charge in [0.1, 0.15) is 12.4 Å². The van der Waals surface area contributed by atoms with E-state index < -0.39 is 9.84 Å². The van der Waals surface area contributed by atoms with Gasteiger partial charge in [-0.25, -0.2) is 8.42 Å². The molecule has 0 atom stereocenters. The minimum atomic E-state index is -3.47. The third kappa shape index (κ3) is 3.08. The monoisotopic (exact) mass is 288 g/mol. The average molecular weight is 288 g/mol. The van der Waals surface area contributed by atoms with Crippen LogP contribution >= 0.6 is 0 Å². The molecule has 2 aromatic rings. The van der Waals surface area contributed by atoms with E-state index in [0.717, 1.165) is 5.56 Å². The van der Waals surface area contributed by atoms with E-state index in [-0.39, 0.29) is 4.90 Å². The zero-order valence-corrected chi connectivity index (χ0v) is 12.1. The number of benzene rings is 2. The number of ether oxygens (including phenoxy) is 1. The fourth-order valence-electron chi connectivity index (χ4n) is 1.72. The van der Waals surface area contributed by atoms with E-state index in [1.54, 1.807) is 54.6 Å². The zero-order chi connectivity index (χ0) is 14.6. The Morgan fingerprint density at radius 3 is 2.00 bits per heavy atom. The zero-order valence-electron chi connectivity index (χ0n) is 11.2. The first-order chi connectivity index (χ1) is 9.54. The first-order valence-corrected chi connectivity index (χ1v) is 7.68. The van der Waals surface area contributed by atoms with Gasteiger partial charge >= 0.3 is 0 Å². The van der Waals surface area contributed by atoms with Crippen molar-refractivity contribution in [1.82, 2.24) is 0 Å². The van der Waals surface area contributed by atoms with Crippen molar-refractivity contribution in [3.8, 4) is 5.75 Å². The Kier molecular flexibility index (Phi) is 4.25. The van der Waals surface area contributed by atoms with Gasteiger partial charge in [-0.05, 0) is 43.3 Å². The Bertz CT molecular complexity index is 684. The lowest BCUT2D eigenvalue weighted by Crippen LogP contribution is -2.02. The van der Waals surface area contributed by atoms with Crippen LogP contribution in [0.15, 0.2) is 71.0 Å². The number of rotatable bonds is 5. The molecule has 0 heterocycles. The fourth-order valence-corrected chi connectivity index (χ4v) is 2.98. The maximum atomic E-state index is 12.4. The summed E-state index contributed by atoms with van der Waals surface area (Å²) in [6.07, 6.45) is 1.64. The molecule has 3 nitrogen and oxygen atoms in total. The Labute approximate surface area is 119 Å². The summed E-state index contributed by atoms with van der Waals surface area (Å²) in [5.41, 5.74) is 1.03. The van der Waals surface area contributed by atoms with Gasteiger partial charge in [0.2, 0.25) is 9.84 Å². The van der Waals surface area contributed by atoms with Crippen LogP contribution in [0.5, 0.6) is 5.75 Å². The first-order valence-electron chi connectivity index (χ1n) is 6.19. The highest BCUT2D eigenvalue weighted by Gasteiger charge is 2.17. The van der Waals surface area contributed by atoms with E-state index in [0.29, 0.717) is 17.3 Å². The lowest BCUT2D eigenvalue weighted by atomic mass is 10.2. The van der Waals surface area contributed by atoms with Crippen molar-refractivity contribution >= 4 is 9.84 Å². The number of sulfone groups is 1. The molecule has 0 saturated carbocycles. The minimum absolute atomic E-state index is 0.257. The van der Waals surface area contributed by atoms with E-state index in [1.807, 2.05) is 6.92 Å². The second-order valence-corrected chi connectivity index (χ2v) is 6.34. The van der Waals surface area contributed by atoms with Gasteiger partial charge in [0, 0.05) is 0 Å². The topological polar surface area (TPSA) is 43.4 Å². The molecule has 0 aliphatic heterocycles. The molecule has 0 radical (unpaired) electrons. The molecular weight excluding hydrogens is 272 g/mol. The van der Waals surface area contributed by atoms with E-state index in [4.69, 9.17) is 4.74 Å². The third-order valence-electron chi connectivity index (χ3n) is 2.83. The lowest BCUT2D eigenvalue weighted by molar-refractivity contribution is 0.363. The molecule has 104 valence electrons. The molecule has 0 aliphatic carbocycles. The SMILES string of the molecule is C=CCOc1ccc(S(=O)(=O)c2ccc(C)cc2)cc1. The second-order valence-electron chi connectivity index (χ2n) is 4.39. The quantitative estimate of drug-likeness (QED) is 0.792. The first kappa shape index (κ1) is 14.3. The van der Waals surface area contributed by atoms with Crippen LogP contribution in [0.4, 0.5) is 0 Å². The van der Waals surface area contributed by atoms with Gasteiger partial charge in [0.15, 0.2) is 0 Å². The molecule has 0 fully saturated rings. The third-order valence-corrected chi connectivity index (χ3v) is 4.62. The van der Waals surface area contributed by atoms with Gasteiger partial charge in [-0.1, -0.05) is 30.4 Å². The Morgan fingerprint density at radius 2 is 1.50 bits per heavy atom. The van der Waals surface area contributed by atoms with E-state index in [2.05, 4.69) is 6.58 Å². The highest BCUT2D eigenvalue weighted by Crippen LogP contribution is 2.23. The Hall–Kier alpha value is -2.07. The van der Waals surface area contributed by atoms with Gasteiger partial charge in [-0.15, -0.1) is 0 Å². The molecule has 20 heavy (non-hydrogen) atoms. The van der Waals surface area contributed by atoms with Crippen molar-refractivity contribution in [3.63, 3.8) is 0 Å². The summed E-state index contributed by atoms with van der Waals surface area (Å²) in [5, 5.41) is 0. The van der Waals surface area contributed by atoms with Crippen molar-refractivity contribution in [1.29, 1.82) is 0 Å². The van der Waals surface area contributed by atoms with Crippen LogP contribution in [0.3, 0.4) is 0 Å². The van der Waals surface area contributed by atoms with Gasteiger partial charge in [0.25, 0.3) is 0 Å². The lowest BCUT2D eigenvalue weighted by Gasteiger charge is -2.07. The summed E-state index contributed by atoms with van der Waals surface area (Å²) in [6.45, 7) is 5.87. The molecule has 0 aromatic heterocycles. The maximum absolute atomic E-state index is 12.4. The van der Waals surface area contributed by atoms with Crippen molar-refractivity contribution in [3.05, 3.63) is 66.7 Å². The van der Waals surface area contributed by atoms with E-state index in [1.165, 1.54) is 0 Å². The van der Waals surface area contributed by atoms with Crippen molar-refractivity contribution in [2.45, 2.75) is 16.7 Å². The normalized spacial score (nSPS) is 11.1. The van der Waals surface area contributed by atoms with Gasteiger partial charge in [-0.3, -0.25) is 0 Å². The molecule has 0 saturated heterocycles. The molecular formula is C16H16O3S. The Balaban J connectivity index is 2.30. The standard InChI is InChI=1S/C16H16O3S/c1-3-12-19-14-6-10-16(11-7-14)20(17,18)15-8-4-13(2)5-9-15/h3-11H,1,12H2,2H3. The fraction of sp³-hybridized carbons (Fsp3) is 0.125. The van der Waals surface area contributed by atoms with Crippen LogP contribution in [0.1, 0.15) is 5.56 Å². The molecule has 0 unspecified atom stereocenters. The number of aryl methyl sites for hydroxylation is 1. The average Bonchev–Trinajstić information content (AvgIpc) is 2.46. The van der Waals surface area contributed by atoms with Crippen molar-refractivity contribution in [2.24, 2.45) is 0 Å². The van der Waals surface area contributed by atoms with Crippen molar-refractivity contribution in [2.75, 3.05) is 6.61 Å². The number of hydrogen-bond acceptors (Lipinski definition) is 3. The van der Waals surface area contributed by atoms with Gasteiger partial charge < -0.3 is 4.74 Å². The molecule has 4 heteroatoms. The maximum Gasteiger partial charge on any atom is 0.206 e. The highest BCUT2D eigenvalue weighted by molar-refractivity contribution is 7.91. The summed E-state index contributed by atoms with van der Waals surface area (Å²) in [7, 11) is -3.47. The summed E-state index contributed by atoms with van der Waals surface area (Å²) in [5.74, 6) is 0.618. The van der Waals surface area contributed by atoms with Crippen LogP contribution in [-0.2, 0) is 9.84 Å². The minimum Gasteiger partial charge on any atom is -0.490 e. The molecule has 0 aliphatic rings. The number of hydrogen-bond donors (Lipinski definition) is 0. The van der Waals surface area contributed by atoms with Crippen LogP contribution in [0, 0.1) is 6.92 Å². The van der Waals surface area contributed by atoms with Crippen LogP contribution < -0.4 is 4.74 Å². The highest BCUT2D eigenvalue weighted by atomic mass is 32.2. The summed E-state index contributed by atoms with van der Waals surface area (Å²) < 4.78 is 30.2. The van der Waals surface area contributed by atoms with Gasteiger partial charge in [-0.2, -0.15) is 0 Å². The molecule has 2 aromatic carbocycles. The predicted octanol–water partition coefficient (Wildman–Crippen LogP) is 3.39. The molecule has 0 N–H and O–H groups in total. The molecule has 0 amide bonds. The summed E-state index contributed by atoms with van der Waals surface area (Å²) in [4.78, 5) is 0.551. The summed E-state index contributed by atoms with van der Waals surface area (Å²) in [6, 6.07) is 13.2. The molecule has 0 bridgehead atoms. The molecule has 2 rings (SSSR count). The largest absolute Gasteiger partial charge is 0.490 e. The molecule has 0 spiro atoms. The van der Waals surface area contributed by atoms with Crippen LogP contribution in [0.25, 0.3) is 0 Å². The smallest absolute Gasteiger partial charge is 0.206 e. The summed E-state index contributed by atoms with van der Waals surface area (Å²) >= 11 is 0. The second kappa shape index (κ2) is 5.92. The van der Waals surface area contributed by atoms with E-state index in [9.17, 15) is 8.42 Å².